The molecule has 12 heavy (non-hydrogen) atoms. The summed E-state index contributed by atoms with van der Waals surface area (Å²) in [6.45, 7) is 8.98. The van der Waals surface area contributed by atoms with Gasteiger partial charge in [0, 0.05) is 19.6 Å². The lowest BCUT2D eigenvalue weighted by molar-refractivity contribution is 0.126. The molecular formula is C9H21NO2. The highest BCUT2D eigenvalue weighted by molar-refractivity contribution is 4.68. The molecule has 0 spiro atoms. The highest BCUT2D eigenvalue weighted by Gasteiger charge is 2.15. The van der Waals surface area contributed by atoms with Gasteiger partial charge in [-0.25, -0.2) is 0 Å². The van der Waals surface area contributed by atoms with Gasteiger partial charge in [-0.1, -0.05) is 20.8 Å². The van der Waals surface area contributed by atoms with Crippen LogP contribution in [0, 0.1) is 5.41 Å². The normalized spacial score (nSPS) is 12.5. The fourth-order valence-electron chi connectivity index (χ4n) is 1.22. The largest absolute Gasteiger partial charge is 0.395 e. The van der Waals surface area contributed by atoms with Crippen LogP contribution in [0.5, 0.6) is 0 Å². The molecular weight excluding hydrogens is 154 g/mol. The van der Waals surface area contributed by atoms with Gasteiger partial charge in [-0.2, -0.15) is 0 Å². The smallest absolute Gasteiger partial charge is 0.0558 e. The topological polar surface area (TPSA) is 43.7 Å². The Balaban J connectivity index is 3.77. The molecule has 0 aromatic heterocycles. The second-order valence-corrected chi connectivity index (χ2v) is 4.28. The lowest BCUT2D eigenvalue weighted by Crippen LogP contribution is -2.36. The fraction of sp³-hybridized carbons (Fsp3) is 1.00. The minimum Gasteiger partial charge on any atom is -0.395 e. The van der Waals surface area contributed by atoms with Crippen molar-refractivity contribution in [2.45, 2.75) is 20.8 Å². The maximum Gasteiger partial charge on any atom is 0.0558 e. The molecule has 3 heteroatoms. The van der Waals surface area contributed by atoms with Gasteiger partial charge in [-0.05, 0) is 5.41 Å². The summed E-state index contributed by atoms with van der Waals surface area (Å²) in [6, 6.07) is 0. The Labute approximate surface area is 75.0 Å². The standard InChI is InChI=1S/C9H21NO2/c1-9(2,3)8-10(4-6-11)5-7-12/h11-12H,4-8H2,1-3H3. The lowest BCUT2D eigenvalue weighted by Gasteiger charge is -2.28. The third-order valence-electron chi connectivity index (χ3n) is 1.53. The molecule has 0 aromatic rings. The zero-order chi connectivity index (χ0) is 9.61. The van der Waals surface area contributed by atoms with Gasteiger partial charge in [-0.15, -0.1) is 0 Å². The van der Waals surface area contributed by atoms with E-state index >= 15 is 0 Å². The maximum atomic E-state index is 8.74. The summed E-state index contributed by atoms with van der Waals surface area (Å²) in [7, 11) is 0. The minimum atomic E-state index is 0.163. The SMILES string of the molecule is CC(C)(C)CN(CCO)CCO. The monoisotopic (exact) mass is 175 g/mol. The first-order valence-electron chi connectivity index (χ1n) is 4.43. The van der Waals surface area contributed by atoms with E-state index in [2.05, 4.69) is 25.7 Å². The van der Waals surface area contributed by atoms with Crippen molar-refractivity contribution < 1.29 is 10.2 Å². The molecule has 0 bridgehead atoms. The first-order valence-corrected chi connectivity index (χ1v) is 4.43. The van der Waals surface area contributed by atoms with Crippen molar-refractivity contribution in [3.05, 3.63) is 0 Å². The summed E-state index contributed by atoms with van der Waals surface area (Å²) >= 11 is 0. The molecule has 0 aromatic carbocycles. The van der Waals surface area contributed by atoms with Crippen molar-refractivity contribution >= 4 is 0 Å². The fourth-order valence-corrected chi connectivity index (χ4v) is 1.22. The van der Waals surface area contributed by atoms with E-state index in [1.54, 1.807) is 0 Å². The summed E-state index contributed by atoms with van der Waals surface area (Å²) < 4.78 is 0. The molecule has 0 unspecified atom stereocenters. The van der Waals surface area contributed by atoms with Crippen LogP contribution in [-0.4, -0.2) is 48.0 Å². The Morgan fingerprint density at radius 1 is 1.00 bits per heavy atom. The number of aliphatic hydroxyl groups is 2. The Bertz CT molecular complexity index is 104. The van der Waals surface area contributed by atoms with Crippen LogP contribution >= 0.6 is 0 Å². The van der Waals surface area contributed by atoms with E-state index in [1.807, 2.05) is 0 Å². The third-order valence-corrected chi connectivity index (χ3v) is 1.53. The molecule has 0 aliphatic heterocycles. The summed E-state index contributed by atoms with van der Waals surface area (Å²) in [5.74, 6) is 0. The first kappa shape index (κ1) is 11.9. The molecule has 0 radical (unpaired) electrons. The number of hydrogen-bond donors (Lipinski definition) is 2. The molecule has 74 valence electrons. The van der Waals surface area contributed by atoms with Gasteiger partial charge >= 0.3 is 0 Å². The van der Waals surface area contributed by atoms with Crippen LogP contribution in [-0.2, 0) is 0 Å². The molecule has 0 saturated carbocycles. The highest BCUT2D eigenvalue weighted by atomic mass is 16.3. The summed E-state index contributed by atoms with van der Waals surface area (Å²) in [6.07, 6.45) is 0. The van der Waals surface area contributed by atoms with E-state index < -0.39 is 0 Å². The average molecular weight is 175 g/mol. The molecule has 0 atom stereocenters. The highest BCUT2D eigenvalue weighted by Crippen LogP contribution is 2.14. The maximum absolute atomic E-state index is 8.74. The molecule has 3 nitrogen and oxygen atoms in total. The second kappa shape index (κ2) is 5.51. The van der Waals surface area contributed by atoms with Crippen LogP contribution in [0.25, 0.3) is 0 Å². The molecule has 0 heterocycles. The first-order chi connectivity index (χ1) is 5.49. The van der Waals surface area contributed by atoms with E-state index in [4.69, 9.17) is 10.2 Å². The van der Waals surface area contributed by atoms with E-state index in [1.165, 1.54) is 0 Å². The summed E-state index contributed by atoms with van der Waals surface area (Å²) in [5.41, 5.74) is 0.227. The van der Waals surface area contributed by atoms with Crippen LogP contribution in [0.3, 0.4) is 0 Å². The van der Waals surface area contributed by atoms with Gasteiger partial charge in [0.05, 0.1) is 13.2 Å². The summed E-state index contributed by atoms with van der Waals surface area (Å²) in [5, 5.41) is 17.5. The number of nitrogens with zero attached hydrogens (tertiary/aromatic N) is 1. The Morgan fingerprint density at radius 2 is 1.42 bits per heavy atom. The number of aliphatic hydroxyl groups excluding tert-OH is 2. The molecule has 0 saturated heterocycles. The van der Waals surface area contributed by atoms with Gasteiger partial charge in [0.25, 0.3) is 0 Å². The van der Waals surface area contributed by atoms with Crippen molar-refractivity contribution in [2.24, 2.45) is 5.41 Å². The van der Waals surface area contributed by atoms with Crippen LogP contribution < -0.4 is 0 Å². The van der Waals surface area contributed by atoms with Crippen LogP contribution in [0.2, 0.25) is 0 Å². The predicted molar refractivity (Wildman–Crippen MR) is 50.1 cm³/mol. The number of hydrogen-bond acceptors (Lipinski definition) is 3. The van der Waals surface area contributed by atoms with Crippen LogP contribution in [0.4, 0.5) is 0 Å². The van der Waals surface area contributed by atoms with Gasteiger partial charge in [0.15, 0.2) is 0 Å². The van der Waals surface area contributed by atoms with Crippen molar-refractivity contribution in [3.63, 3.8) is 0 Å². The lowest BCUT2D eigenvalue weighted by atomic mass is 9.96. The Hall–Kier alpha value is -0.120. The number of rotatable bonds is 5. The van der Waals surface area contributed by atoms with E-state index in [-0.39, 0.29) is 18.6 Å². The van der Waals surface area contributed by atoms with E-state index in [0.29, 0.717) is 13.1 Å². The molecule has 0 rings (SSSR count). The van der Waals surface area contributed by atoms with Crippen LogP contribution in [0.15, 0.2) is 0 Å². The molecule has 2 N–H and O–H groups in total. The van der Waals surface area contributed by atoms with Gasteiger partial charge in [0.1, 0.15) is 0 Å². The summed E-state index contributed by atoms with van der Waals surface area (Å²) in [4.78, 5) is 2.07. The minimum absolute atomic E-state index is 0.163. The van der Waals surface area contributed by atoms with E-state index in [0.717, 1.165) is 6.54 Å². The molecule has 0 amide bonds. The van der Waals surface area contributed by atoms with Crippen molar-refractivity contribution in [1.29, 1.82) is 0 Å². The zero-order valence-electron chi connectivity index (χ0n) is 8.38. The van der Waals surface area contributed by atoms with Crippen LogP contribution in [0.1, 0.15) is 20.8 Å². The Kier molecular flexibility index (Phi) is 5.46. The van der Waals surface area contributed by atoms with Crippen molar-refractivity contribution in [3.8, 4) is 0 Å². The van der Waals surface area contributed by atoms with Gasteiger partial charge in [0.2, 0.25) is 0 Å². The molecule has 0 fully saturated rings. The molecule has 0 aliphatic carbocycles. The Morgan fingerprint density at radius 3 is 1.67 bits per heavy atom. The van der Waals surface area contributed by atoms with Gasteiger partial charge < -0.3 is 10.2 Å². The average Bonchev–Trinajstić information content (AvgIpc) is 1.84. The predicted octanol–water partition coefficient (Wildman–Crippen LogP) is 0.319. The molecule has 0 aliphatic rings. The zero-order valence-corrected chi connectivity index (χ0v) is 8.38. The third kappa shape index (κ3) is 6.58. The quantitative estimate of drug-likeness (QED) is 0.632. The van der Waals surface area contributed by atoms with Crippen molar-refractivity contribution in [2.75, 3.05) is 32.8 Å². The van der Waals surface area contributed by atoms with Gasteiger partial charge in [-0.3, -0.25) is 4.90 Å². The van der Waals surface area contributed by atoms with E-state index in [9.17, 15) is 0 Å². The van der Waals surface area contributed by atoms with Crippen molar-refractivity contribution in [1.82, 2.24) is 4.90 Å². The second-order valence-electron chi connectivity index (χ2n) is 4.28.